The molecule has 12 heavy (non-hydrogen) atoms. The van der Waals surface area contributed by atoms with Gasteiger partial charge in [0.05, 0.1) is 6.61 Å². The fourth-order valence-electron chi connectivity index (χ4n) is 0.786. The molecule has 1 heterocycles. The molecule has 1 rings (SSSR count). The van der Waals surface area contributed by atoms with Crippen LogP contribution in [0.5, 0.6) is 0 Å². The first-order valence-electron chi connectivity index (χ1n) is 4.59. The standard InChI is InChI=1S/C9H19NO2/c1-4-9(2,3)7-12-8(11)10-5-6-10/h8,11H,4-7H2,1-3H3. The summed E-state index contributed by atoms with van der Waals surface area (Å²) in [5.41, 5.74) is 0.178. The number of nitrogens with zero attached hydrogens (tertiary/aromatic N) is 1. The maximum absolute atomic E-state index is 9.35. The highest BCUT2D eigenvalue weighted by Crippen LogP contribution is 2.21. The zero-order valence-corrected chi connectivity index (χ0v) is 8.21. The molecule has 1 aliphatic rings. The highest BCUT2D eigenvalue weighted by molar-refractivity contribution is 4.72. The number of rotatable bonds is 5. The molecule has 0 radical (unpaired) electrons. The molecule has 0 aliphatic carbocycles. The fourth-order valence-corrected chi connectivity index (χ4v) is 0.786. The number of aliphatic hydroxyl groups is 1. The third-order valence-corrected chi connectivity index (χ3v) is 2.37. The fraction of sp³-hybridized carbons (Fsp3) is 1.00. The van der Waals surface area contributed by atoms with Crippen LogP contribution in [0.2, 0.25) is 0 Å². The van der Waals surface area contributed by atoms with Crippen molar-refractivity contribution in [1.29, 1.82) is 0 Å². The van der Waals surface area contributed by atoms with Crippen LogP contribution >= 0.6 is 0 Å². The minimum Gasteiger partial charge on any atom is -0.356 e. The van der Waals surface area contributed by atoms with Crippen molar-refractivity contribution in [1.82, 2.24) is 4.90 Å². The van der Waals surface area contributed by atoms with E-state index in [4.69, 9.17) is 4.74 Å². The van der Waals surface area contributed by atoms with Crippen LogP contribution in [0, 0.1) is 5.41 Å². The van der Waals surface area contributed by atoms with Crippen LogP contribution in [0.25, 0.3) is 0 Å². The van der Waals surface area contributed by atoms with E-state index in [0.29, 0.717) is 6.61 Å². The molecule has 0 spiro atoms. The van der Waals surface area contributed by atoms with Gasteiger partial charge in [0.2, 0.25) is 6.41 Å². The largest absolute Gasteiger partial charge is 0.356 e. The molecular formula is C9H19NO2. The van der Waals surface area contributed by atoms with E-state index in [9.17, 15) is 5.11 Å². The third kappa shape index (κ3) is 3.09. The van der Waals surface area contributed by atoms with Gasteiger partial charge in [-0.1, -0.05) is 20.8 Å². The van der Waals surface area contributed by atoms with Gasteiger partial charge in [0.25, 0.3) is 0 Å². The summed E-state index contributed by atoms with van der Waals surface area (Å²) in [4.78, 5) is 1.88. The number of hydrogen-bond acceptors (Lipinski definition) is 3. The monoisotopic (exact) mass is 173 g/mol. The van der Waals surface area contributed by atoms with Crippen molar-refractivity contribution in [2.75, 3.05) is 19.7 Å². The van der Waals surface area contributed by atoms with Gasteiger partial charge in [-0.15, -0.1) is 0 Å². The smallest absolute Gasteiger partial charge is 0.216 e. The van der Waals surface area contributed by atoms with Gasteiger partial charge >= 0.3 is 0 Å². The van der Waals surface area contributed by atoms with Gasteiger partial charge < -0.3 is 9.84 Å². The van der Waals surface area contributed by atoms with Crippen LogP contribution in [0.4, 0.5) is 0 Å². The lowest BCUT2D eigenvalue weighted by Crippen LogP contribution is -2.28. The average molecular weight is 173 g/mol. The number of aliphatic hydroxyl groups excluding tert-OH is 1. The summed E-state index contributed by atoms with van der Waals surface area (Å²) in [6, 6.07) is 0. The summed E-state index contributed by atoms with van der Waals surface area (Å²) in [6.07, 6.45) is 0.399. The molecule has 1 fully saturated rings. The molecule has 0 aromatic heterocycles. The molecular weight excluding hydrogens is 154 g/mol. The number of ether oxygens (including phenoxy) is 1. The molecule has 0 aromatic carbocycles. The molecule has 0 aromatic rings. The Bertz CT molecular complexity index is 143. The molecule has 0 bridgehead atoms. The second-order valence-electron chi connectivity index (χ2n) is 4.19. The minimum absolute atomic E-state index is 0.178. The van der Waals surface area contributed by atoms with Crippen molar-refractivity contribution in [3.05, 3.63) is 0 Å². The summed E-state index contributed by atoms with van der Waals surface area (Å²) < 4.78 is 5.30. The van der Waals surface area contributed by atoms with Crippen molar-refractivity contribution in [2.24, 2.45) is 5.41 Å². The quantitative estimate of drug-likeness (QED) is 0.498. The molecule has 1 saturated heterocycles. The van der Waals surface area contributed by atoms with Crippen molar-refractivity contribution < 1.29 is 9.84 Å². The lowest BCUT2D eigenvalue weighted by Gasteiger charge is -2.24. The minimum atomic E-state index is -0.671. The summed E-state index contributed by atoms with van der Waals surface area (Å²) in [5.74, 6) is 0. The van der Waals surface area contributed by atoms with Crippen molar-refractivity contribution in [3.8, 4) is 0 Å². The van der Waals surface area contributed by atoms with E-state index in [1.807, 2.05) is 4.90 Å². The zero-order valence-electron chi connectivity index (χ0n) is 8.21. The van der Waals surface area contributed by atoms with Crippen molar-refractivity contribution in [2.45, 2.75) is 33.6 Å². The molecule has 1 N–H and O–H groups in total. The Morgan fingerprint density at radius 3 is 2.50 bits per heavy atom. The molecule has 3 heteroatoms. The van der Waals surface area contributed by atoms with Gasteiger partial charge in [0.1, 0.15) is 0 Å². The lowest BCUT2D eigenvalue weighted by atomic mass is 9.92. The first kappa shape index (κ1) is 9.96. The normalized spacial score (nSPS) is 21.0. The molecule has 1 atom stereocenters. The Hall–Kier alpha value is -0.120. The summed E-state index contributed by atoms with van der Waals surface area (Å²) >= 11 is 0. The van der Waals surface area contributed by atoms with E-state index < -0.39 is 6.41 Å². The second kappa shape index (κ2) is 3.73. The Balaban J connectivity index is 2.14. The predicted molar refractivity (Wildman–Crippen MR) is 47.6 cm³/mol. The summed E-state index contributed by atoms with van der Waals surface area (Å²) in [5, 5.41) is 9.35. The van der Waals surface area contributed by atoms with Crippen molar-refractivity contribution >= 4 is 0 Å². The van der Waals surface area contributed by atoms with Crippen LogP contribution < -0.4 is 0 Å². The van der Waals surface area contributed by atoms with E-state index in [-0.39, 0.29) is 5.41 Å². The Kier molecular flexibility index (Phi) is 3.09. The first-order valence-corrected chi connectivity index (χ1v) is 4.59. The third-order valence-electron chi connectivity index (χ3n) is 2.37. The maximum atomic E-state index is 9.35. The lowest BCUT2D eigenvalue weighted by molar-refractivity contribution is -0.172. The van der Waals surface area contributed by atoms with E-state index in [1.165, 1.54) is 0 Å². The Labute approximate surface area is 74.3 Å². The van der Waals surface area contributed by atoms with Gasteiger partial charge in [-0.25, -0.2) is 0 Å². The van der Waals surface area contributed by atoms with Gasteiger partial charge in [0, 0.05) is 13.1 Å². The van der Waals surface area contributed by atoms with E-state index in [1.54, 1.807) is 0 Å². The maximum Gasteiger partial charge on any atom is 0.216 e. The van der Waals surface area contributed by atoms with Gasteiger partial charge in [-0.2, -0.15) is 0 Å². The highest BCUT2D eigenvalue weighted by Gasteiger charge is 2.27. The van der Waals surface area contributed by atoms with Crippen LogP contribution in [0.1, 0.15) is 27.2 Å². The predicted octanol–water partition coefficient (Wildman–Crippen LogP) is 1.03. The van der Waals surface area contributed by atoms with Crippen LogP contribution in [-0.2, 0) is 4.74 Å². The molecule has 3 nitrogen and oxygen atoms in total. The molecule has 0 amide bonds. The molecule has 72 valence electrons. The van der Waals surface area contributed by atoms with Crippen LogP contribution in [0.3, 0.4) is 0 Å². The molecule has 0 saturated carbocycles. The topological polar surface area (TPSA) is 32.5 Å². The van der Waals surface area contributed by atoms with E-state index in [2.05, 4.69) is 20.8 Å². The first-order chi connectivity index (χ1) is 5.55. The zero-order chi connectivity index (χ0) is 9.19. The van der Waals surface area contributed by atoms with Gasteiger partial charge in [0.15, 0.2) is 0 Å². The molecule has 1 unspecified atom stereocenters. The average Bonchev–Trinajstić information content (AvgIpc) is 2.83. The second-order valence-corrected chi connectivity index (χ2v) is 4.19. The van der Waals surface area contributed by atoms with Crippen LogP contribution in [0.15, 0.2) is 0 Å². The SMILES string of the molecule is CCC(C)(C)COC(O)N1CC1. The van der Waals surface area contributed by atoms with E-state index in [0.717, 1.165) is 19.5 Å². The van der Waals surface area contributed by atoms with Gasteiger partial charge in [-0.05, 0) is 11.8 Å². The van der Waals surface area contributed by atoms with Crippen LogP contribution in [-0.4, -0.2) is 36.1 Å². The summed E-state index contributed by atoms with van der Waals surface area (Å²) in [7, 11) is 0. The van der Waals surface area contributed by atoms with Gasteiger partial charge in [-0.3, -0.25) is 4.90 Å². The molecule has 1 aliphatic heterocycles. The summed E-state index contributed by atoms with van der Waals surface area (Å²) in [6.45, 7) is 8.97. The Morgan fingerprint density at radius 2 is 2.08 bits per heavy atom. The van der Waals surface area contributed by atoms with E-state index >= 15 is 0 Å². The number of hydrogen-bond donors (Lipinski definition) is 1. The Morgan fingerprint density at radius 1 is 1.50 bits per heavy atom. The highest BCUT2D eigenvalue weighted by atomic mass is 16.6. The van der Waals surface area contributed by atoms with Crippen molar-refractivity contribution in [3.63, 3.8) is 0 Å².